The van der Waals surface area contributed by atoms with Gasteiger partial charge in [-0.3, -0.25) is 9.69 Å². The van der Waals surface area contributed by atoms with Crippen LogP contribution in [0.4, 0.5) is 11.8 Å². The van der Waals surface area contributed by atoms with Crippen LogP contribution in [0.5, 0.6) is 0 Å². The summed E-state index contributed by atoms with van der Waals surface area (Å²) in [5.74, 6) is -0.106. The SMILES string of the molecule is CNc1ccnc(N2CCN(Cc3cn[nH]n3)C[C@@H](C(=O)O)C2)n1. The topological polar surface area (TPSA) is 123 Å². The Balaban J connectivity index is 1.76. The van der Waals surface area contributed by atoms with E-state index < -0.39 is 11.9 Å². The molecule has 24 heavy (non-hydrogen) atoms. The van der Waals surface area contributed by atoms with Crippen LogP contribution in [0.25, 0.3) is 0 Å². The number of aromatic amines is 1. The summed E-state index contributed by atoms with van der Waals surface area (Å²) in [6, 6.07) is 1.77. The Morgan fingerprint density at radius 3 is 3.04 bits per heavy atom. The van der Waals surface area contributed by atoms with Crippen LogP contribution in [0.3, 0.4) is 0 Å². The molecule has 0 radical (unpaired) electrons. The minimum absolute atomic E-state index is 0.373. The fourth-order valence-corrected chi connectivity index (χ4v) is 2.73. The highest BCUT2D eigenvalue weighted by molar-refractivity contribution is 5.71. The van der Waals surface area contributed by atoms with Crippen molar-refractivity contribution >= 4 is 17.7 Å². The Morgan fingerprint density at radius 1 is 1.46 bits per heavy atom. The molecule has 0 aliphatic carbocycles. The van der Waals surface area contributed by atoms with E-state index in [4.69, 9.17) is 0 Å². The molecule has 3 heterocycles. The summed E-state index contributed by atoms with van der Waals surface area (Å²) >= 11 is 0. The molecule has 10 nitrogen and oxygen atoms in total. The van der Waals surface area contributed by atoms with Crippen LogP contribution in [0.15, 0.2) is 18.5 Å². The number of carbonyl (C=O) groups is 1. The van der Waals surface area contributed by atoms with Gasteiger partial charge in [0.25, 0.3) is 0 Å². The van der Waals surface area contributed by atoms with Gasteiger partial charge in [0, 0.05) is 46.0 Å². The van der Waals surface area contributed by atoms with E-state index in [1.165, 1.54) is 0 Å². The highest BCUT2D eigenvalue weighted by Crippen LogP contribution is 2.17. The number of aromatic nitrogens is 5. The van der Waals surface area contributed by atoms with Gasteiger partial charge >= 0.3 is 5.97 Å². The van der Waals surface area contributed by atoms with E-state index in [0.29, 0.717) is 44.5 Å². The normalized spacial score (nSPS) is 19.0. The third-order valence-corrected chi connectivity index (χ3v) is 3.99. The highest BCUT2D eigenvalue weighted by Gasteiger charge is 2.29. The number of aliphatic carboxylic acids is 1. The molecule has 0 bridgehead atoms. The van der Waals surface area contributed by atoms with Crippen molar-refractivity contribution in [1.29, 1.82) is 0 Å². The number of hydrogen-bond donors (Lipinski definition) is 3. The average Bonchev–Trinajstić information content (AvgIpc) is 3.00. The second-order valence-electron chi connectivity index (χ2n) is 5.67. The molecule has 0 saturated carbocycles. The van der Waals surface area contributed by atoms with Crippen molar-refractivity contribution in [3.05, 3.63) is 24.2 Å². The Hall–Kier alpha value is -2.75. The number of carboxylic acids is 1. The molecule has 2 aromatic heterocycles. The van der Waals surface area contributed by atoms with Crippen LogP contribution in [0.1, 0.15) is 5.69 Å². The van der Waals surface area contributed by atoms with Crippen LogP contribution in [-0.2, 0) is 11.3 Å². The zero-order valence-electron chi connectivity index (χ0n) is 13.4. The fraction of sp³-hybridized carbons (Fsp3) is 0.500. The predicted octanol–water partition coefficient (Wildman–Crippen LogP) is -0.341. The number of nitrogens with one attached hydrogen (secondary N) is 2. The predicted molar refractivity (Wildman–Crippen MR) is 86.6 cm³/mol. The van der Waals surface area contributed by atoms with Crippen LogP contribution in [-0.4, -0.2) is 74.6 Å². The number of anilines is 2. The van der Waals surface area contributed by atoms with Crippen LogP contribution in [0.2, 0.25) is 0 Å². The second kappa shape index (κ2) is 7.21. The lowest BCUT2D eigenvalue weighted by Gasteiger charge is -2.22. The molecule has 1 atom stereocenters. The molecule has 1 fully saturated rings. The van der Waals surface area contributed by atoms with Gasteiger partial charge in [0.05, 0.1) is 17.8 Å². The minimum Gasteiger partial charge on any atom is -0.481 e. The van der Waals surface area contributed by atoms with Crippen molar-refractivity contribution in [2.45, 2.75) is 6.54 Å². The van der Waals surface area contributed by atoms with Crippen molar-refractivity contribution in [3.8, 4) is 0 Å². The molecule has 128 valence electrons. The first-order chi connectivity index (χ1) is 11.7. The van der Waals surface area contributed by atoms with E-state index in [9.17, 15) is 9.90 Å². The largest absolute Gasteiger partial charge is 0.481 e. The van der Waals surface area contributed by atoms with Gasteiger partial charge in [-0.25, -0.2) is 4.98 Å². The van der Waals surface area contributed by atoms with Crippen molar-refractivity contribution < 1.29 is 9.90 Å². The number of nitrogens with zero attached hydrogens (tertiary/aromatic N) is 6. The Kier molecular flexibility index (Phi) is 4.85. The first-order valence-corrected chi connectivity index (χ1v) is 7.71. The number of carboxylic acid groups (broad SMARTS) is 1. The molecule has 1 saturated heterocycles. The summed E-state index contributed by atoms with van der Waals surface area (Å²) in [4.78, 5) is 24.3. The standard InChI is InChI=1S/C14H20N8O2/c1-15-12-2-3-16-14(18-12)22-5-4-21(7-10(8-22)13(23)24)9-11-6-17-20-19-11/h2-3,6,10H,4-5,7-9H2,1H3,(H,23,24)(H,15,16,18)(H,17,19,20)/t10-/m1/s1. The first-order valence-electron chi connectivity index (χ1n) is 7.71. The maximum atomic E-state index is 11.6. The van der Waals surface area contributed by atoms with E-state index in [1.807, 2.05) is 4.90 Å². The van der Waals surface area contributed by atoms with Crippen molar-refractivity contribution in [3.63, 3.8) is 0 Å². The molecule has 3 rings (SSSR count). The summed E-state index contributed by atoms with van der Waals surface area (Å²) in [6.07, 6.45) is 3.32. The maximum absolute atomic E-state index is 11.6. The zero-order valence-corrected chi connectivity index (χ0v) is 13.4. The van der Waals surface area contributed by atoms with Crippen molar-refractivity contribution in [1.82, 2.24) is 30.3 Å². The Morgan fingerprint density at radius 2 is 2.33 bits per heavy atom. The van der Waals surface area contributed by atoms with E-state index in [0.717, 1.165) is 5.69 Å². The molecular weight excluding hydrogens is 312 g/mol. The zero-order chi connectivity index (χ0) is 16.9. The van der Waals surface area contributed by atoms with Gasteiger partial charge in [0.2, 0.25) is 5.95 Å². The fourth-order valence-electron chi connectivity index (χ4n) is 2.73. The number of H-pyrrole nitrogens is 1. The van der Waals surface area contributed by atoms with E-state index >= 15 is 0 Å². The van der Waals surface area contributed by atoms with Gasteiger partial charge in [-0.2, -0.15) is 20.4 Å². The quantitative estimate of drug-likeness (QED) is 0.674. The molecule has 3 N–H and O–H groups in total. The second-order valence-corrected chi connectivity index (χ2v) is 5.67. The third-order valence-electron chi connectivity index (χ3n) is 3.99. The number of rotatable bonds is 5. The van der Waals surface area contributed by atoms with Crippen molar-refractivity contribution in [2.75, 3.05) is 43.4 Å². The minimum atomic E-state index is -0.822. The van der Waals surface area contributed by atoms with Gasteiger partial charge in [0.15, 0.2) is 0 Å². The molecule has 10 heteroatoms. The summed E-state index contributed by atoms with van der Waals surface area (Å²) in [5.41, 5.74) is 0.793. The van der Waals surface area contributed by atoms with Crippen LogP contribution in [0, 0.1) is 5.92 Å². The highest BCUT2D eigenvalue weighted by atomic mass is 16.4. The first kappa shape index (κ1) is 16.1. The lowest BCUT2D eigenvalue weighted by atomic mass is 10.1. The lowest BCUT2D eigenvalue weighted by molar-refractivity contribution is -0.141. The van der Waals surface area contributed by atoms with Gasteiger partial charge in [-0.15, -0.1) is 0 Å². The van der Waals surface area contributed by atoms with Crippen LogP contribution >= 0.6 is 0 Å². The van der Waals surface area contributed by atoms with E-state index in [2.05, 4.69) is 35.6 Å². The average molecular weight is 332 g/mol. The van der Waals surface area contributed by atoms with E-state index in [1.54, 1.807) is 25.5 Å². The Labute approximate surface area is 138 Å². The summed E-state index contributed by atoms with van der Waals surface area (Å²) < 4.78 is 0. The van der Waals surface area contributed by atoms with Gasteiger partial charge in [-0.1, -0.05) is 0 Å². The van der Waals surface area contributed by atoms with Crippen LogP contribution < -0.4 is 10.2 Å². The van der Waals surface area contributed by atoms with Gasteiger partial charge < -0.3 is 15.3 Å². The van der Waals surface area contributed by atoms with Gasteiger partial charge in [0.1, 0.15) is 5.82 Å². The van der Waals surface area contributed by atoms with Crippen molar-refractivity contribution in [2.24, 2.45) is 5.92 Å². The molecule has 0 spiro atoms. The monoisotopic (exact) mass is 332 g/mol. The summed E-state index contributed by atoms with van der Waals surface area (Å²) in [7, 11) is 1.79. The van der Waals surface area contributed by atoms with E-state index in [-0.39, 0.29) is 0 Å². The molecule has 1 aliphatic rings. The summed E-state index contributed by atoms with van der Waals surface area (Å²) in [6.45, 7) is 2.73. The summed E-state index contributed by atoms with van der Waals surface area (Å²) in [5, 5.41) is 22.9. The Bertz CT molecular complexity index is 677. The molecule has 0 unspecified atom stereocenters. The third kappa shape index (κ3) is 3.77. The van der Waals surface area contributed by atoms with Gasteiger partial charge in [-0.05, 0) is 6.07 Å². The number of hydrogen-bond acceptors (Lipinski definition) is 8. The maximum Gasteiger partial charge on any atom is 0.309 e. The smallest absolute Gasteiger partial charge is 0.309 e. The lowest BCUT2D eigenvalue weighted by Crippen LogP contribution is -2.35. The molecule has 1 aliphatic heterocycles. The molecule has 0 amide bonds. The molecule has 2 aromatic rings. The molecular formula is C14H20N8O2. The molecule has 0 aromatic carbocycles.